The molecule has 3 heterocycles. The number of benzene rings is 1. The number of hydrogen-bond acceptors (Lipinski definition) is 4. The summed E-state index contributed by atoms with van der Waals surface area (Å²) in [4.78, 5) is 37.7. The van der Waals surface area contributed by atoms with Crippen LogP contribution in [-0.4, -0.2) is 26.4 Å². The smallest absolute Gasteiger partial charge is 0.347 e. The number of carbonyl (C=O) groups excluding carboxylic acids is 1. The van der Waals surface area contributed by atoms with Gasteiger partial charge in [-0.05, 0) is 61.4 Å². The van der Waals surface area contributed by atoms with Crippen molar-refractivity contribution in [2.75, 3.05) is 5.32 Å². The highest BCUT2D eigenvalue weighted by Gasteiger charge is 2.13. The maximum atomic E-state index is 13.1. The van der Waals surface area contributed by atoms with Crippen LogP contribution in [0.5, 0.6) is 0 Å². The van der Waals surface area contributed by atoms with Gasteiger partial charge in [-0.2, -0.15) is 4.99 Å². The van der Waals surface area contributed by atoms with Crippen LogP contribution in [0.25, 0.3) is 22.0 Å². The van der Waals surface area contributed by atoms with Crippen molar-refractivity contribution in [2.45, 2.75) is 13.8 Å². The minimum atomic E-state index is -0.631. The fraction of sp³-hybridized carbons (Fsp3) is 0.125. The molecule has 8 heteroatoms. The van der Waals surface area contributed by atoms with Crippen LogP contribution < -0.4 is 16.6 Å². The SMILES string of the molecule is Cc1cc2c(cn1)cc(-c1cc(NC(=O)/N=C(\N)c3ccccn3)ccc1C)c(=O)n2C. The zero-order chi connectivity index (χ0) is 22.8. The Morgan fingerprint density at radius 2 is 1.88 bits per heavy atom. The molecule has 0 spiro atoms. The minimum absolute atomic E-state index is 0.0154. The van der Waals surface area contributed by atoms with Gasteiger partial charge in [0.05, 0.1) is 5.52 Å². The second kappa shape index (κ2) is 8.43. The van der Waals surface area contributed by atoms with Gasteiger partial charge in [-0.1, -0.05) is 12.1 Å². The fourth-order valence-electron chi connectivity index (χ4n) is 3.48. The number of amidine groups is 1. The zero-order valence-electron chi connectivity index (χ0n) is 18.0. The lowest BCUT2D eigenvalue weighted by Crippen LogP contribution is -2.20. The Morgan fingerprint density at radius 1 is 1.06 bits per heavy atom. The predicted octanol–water partition coefficient (Wildman–Crippen LogP) is 3.55. The van der Waals surface area contributed by atoms with Gasteiger partial charge in [-0.3, -0.25) is 14.8 Å². The van der Waals surface area contributed by atoms with Gasteiger partial charge in [-0.25, -0.2) is 4.79 Å². The zero-order valence-corrected chi connectivity index (χ0v) is 18.0. The quantitative estimate of drug-likeness (QED) is 0.384. The lowest BCUT2D eigenvalue weighted by atomic mass is 9.99. The average Bonchev–Trinajstić information content (AvgIpc) is 2.78. The first-order chi connectivity index (χ1) is 15.3. The van der Waals surface area contributed by atoms with Gasteiger partial charge >= 0.3 is 6.03 Å². The third kappa shape index (κ3) is 4.11. The van der Waals surface area contributed by atoms with Crippen molar-refractivity contribution in [1.82, 2.24) is 14.5 Å². The molecule has 0 aliphatic rings. The number of fused-ring (bicyclic) bond motifs is 1. The highest BCUT2D eigenvalue weighted by Crippen LogP contribution is 2.27. The van der Waals surface area contributed by atoms with Gasteiger partial charge < -0.3 is 15.6 Å². The van der Waals surface area contributed by atoms with Gasteiger partial charge in [-0.15, -0.1) is 0 Å². The Morgan fingerprint density at radius 3 is 2.62 bits per heavy atom. The van der Waals surface area contributed by atoms with E-state index in [-0.39, 0.29) is 11.4 Å². The number of nitrogens with two attached hydrogens (primary N) is 1. The molecule has 0 aliphatic carbocycles. The first kappa shape index (κ1) is 20.9. The number of anilines is 1. The van der Waals surface area contributed by atoms with Gasteiger partial charge in [0.1, 0.15) is 5.69 Å². The van der Waals surface area contributed by atoms with E-state index in [0.29, 0.717) is 22.5 Å². The number of aliphatic imine (C=N–C) groups is 1. The van der Waals surface area contributed by atoms with Gasteiger partial charge in [0.2, 0.25) is 0 Å². The summed E-state index contributed by atoms with van der Waals surface area (Å²) in [5.41, 5.74) is 10.4. The van der Waals surface area contributed by atoms with E-state index in [1.165, 1.54) is 0 Å². The molecule has 0 saturated heterocycles. The number of aryl methyl sites for hydroxylation is 3. The first-order valence-electron chi connectivity index (χ1n) is 9.97. The van der Waals surface area contributed by atoms with Crippen molar-refractivity contribution < 1.29 is 4.79 Å². The van der Waals surface area contributed by atoms with Crippen LogP contribution in [0.15, 0.2) is 70.7 Å². The molecule has 4 aromatic rings. The van der Waals surface area contributed by atoms with Crippen molar-refractivity contribution in [1.29, 1.82) is 0 Å². The molecule has 0 saturated carbocycles. The third-order valence-corrected chi connectivity index (χ3v) is 5.17. The summed E-state index contributed by atoms with van der Waals surface area (Å²) in [6.07, 6.45) is 3.33. The summed E-state index contributed by atoms with van der Waals surface area (Å²) in [5, 5.41) is 3.56. The van der Waals surface area contributed by atoms with E-state index < -0.39 is 6.03 Å². The standard InChI is InChI=1S/C24H22N6O2/c1-14-7-8-17(28-24(32)29-22(25)20-6-4-5-9-26-20)12-18(14)19-11-16-13-27-15(2)10-21(16)30(3)23(19)31/h4-13H,1-3H3,(H3,25,28,29,32). The van der Waals surface area contributed by atoms with Crippen LogP contribution in [0.4, 0.5) is 10.5 Å². The van der Waals surface area contributed by atoms with Gasteiger partial charge in [0.25, 0.3) is 5.56 Å². The molecule has 3 aromatic heterocycles. The molecule has 0 radical (unpaired) electrons. The van der Waals surface area contributed by atoms with Crippen LogP contribution in [-0.2, 0) is 7.05 Å². The predicted molar refractivity (Wildman–Crippen MR) is 126 cm³/mol. The number of amides is 2. The number of urea groups is 1. The van der Waals surface area contributed by atoms with Crippen LogP contribution in [0.2, 0.25) is 0 Å². The number of pyridine rings is 3. The molecule has 0 atom stereocenters. The molecular weight excluding hydrogens is 404 g/mol. The highest BCUT2D eigenvalue weighted by molar-refractivity contribution is 6.05. The summed E-state index contributed by atoms with van der Waals surface area (Å²) in [5.74, 6) is 0.0154. The normalized spacial score (nSPS) is 11.5. The lowest BCUT2D eigenvalue weighted by molar-refractivity contribution is 0.259. The Balaban J connectivity index is 1.70. The summed E-state index contributed by atoms with van der Waals surface area (Å²) >= 11 is 0. The van der Waals surface area contributed by atoms with Crippen LogP contribution in [0.1, 0.15) is 17.0 Å². The molecule has 0 bridgehead atoms. The van der Waals surface area contributed by atoms with E-state index in [0.717, 1.165) is 22.2 Å². The second-order valence-corrected chi connectivity index (χ2v) is 7.48. The topological polar surface area (TPSA) is 115 Å². The summed E-state index contributed by atoms with van der Waals surface area (Å²) in [6, 6.07) is 13.6. The molecule has 1 aromatic carbocycles. The van der Waals surface area contributed by atoms with Crippen molar-refractivity contribution >= 4 is 28.5 Å². The average molecular weight is 426 g/mol. The maximum absolute atomic E-state index is 13.1. The van der Waals surface area contributed by atoms with Crippen molar-refractivity contribution in [3.8, 4) is 11.1 Å². The fourth-order valence-corrected chi connectivity index (χ4v) is 3.48. The molecule has 2 amide bonds. The van der Waals surface area contributed by atoms with Crippen molar-refractivity contribution in [3.05, 3.63) is 88.2 Å². The molecular formula is C24H22N6O2. The summed E-state index contributed by atoms with van der Waals surface area (Å²) in [7, 11) is 1.74. The van der Waals surface area contributed by atoms with Crippen LogP contribution in [0, 0.1) is 13.8 Å². The van der Waals surface area contributed by atoms with E-state index in [1.807, 2.05) is 32.0 Å². The second-order valence-electron chi connectivity index (χ2n) is 7.48. The van der Waals surface area contributed by atoms with Crippen LogP contribution in [0.3, 0.4) is 0 Å². The summed E-state index contributed by atoms with van der Waals surface area (Å²) < 4.78 is 1.61. The Bertz CT molecular complexity index is 1420. The molecule has 4 rings (SSSR count). The lowest BCUT2D eigenvalue weighted by Gasteiger charge is -2.13. The Labute approximate surface area is 184 Å². The monoisotopic (exact) mass is 426 g/mol. The minimum Gasteiger partial charge on any atom is -0.382 e. The molecule has 3 N–H and O–H groups in total. The van der Waals surface area contributed by atoms with E-state index in [4.69, 9.17) is 5.73 Å². The third-order valence-electron chi connectivity index (χ3n) is 5.17. The molecule has 160 valence electrons. The number of nitrogens with one attached hydrogen (secondary N) is 1. The Kier molecular flexibility index (Phi) is 5.51. The molecule has 0 fully saturated rings. The largest absolute Gasteiger partial charge is 0.382 e. The maximum Gasteiger partial charge on any atom is 0.347 e. The van der Waals surface area contributed by atoms with Crippen LogP contribution >= 0.6 is 0 Å². The van der Waals surface area contributed by atoms with Gasteiger partial charge in [0, 0.05) is 41.8 Å². The molecule has 0 unspecified atom stereocenters. The molecule has 8 nitrogen and oxygen atoms in total. The number of carbonyl (C=O) groups is 1. The molecule has 32 heavy (non-hydrogen) atoms. The number of hydrogen-bond donors (Lipinski definition) is 2. The van der Waals surface area contributed by atoms with E-state index in [2.05, 4.69) is 20.3 Å². The van der Waals surface area contributed by atoms with Crippen molar-refractivity contribution in [3.63, 3.8) is 0 Å². The number of nitrogens with zero attached hydrogens (tertiary/aromatic N) is 4. The first-order valence-corrected chi connectivity index (χ1v) is 9.97. The van der Waals surface area contributed by atoms with E-state index in [1.54, 1.807) is 54.3 Å². The van der Waals surface area contributed by atoms with E-state index >= 15 is 0 Å². The number of aromatic nitrogens is 3. The molecule has 0 aliphatic heterocycles. The Hall–Kier alpha value is -4.33. The van der Waals surface area contributed by atoms with Crippen molar-refractivity contribution in [2.24, 2.45) is 17.8 Å². The summed E-state index contributed by atoms with van der Waals surface area (Å²) in [6.45, 7) is 3.80. The van der Waals surface area contributed by atoms with Gasteiger partial charge in [0.15, 0.2) is 5.84 Å². The number of rotatable bonds is 3. The highest BCUT2D eigenvalue weighted by atomic mass is 16.2. The van der Waals surface area contributed by atoms with E-state index in [9.17, 15) is 9.59 Å².